The SMILES string of the molecule is Cc1c(C#CC2CC2)c(CC(=O)O)c(C)c2c1-c1ncc(F)cc1[C@H](C)N2S(C)=O. The maximum Gasteiger partial charge on any atom is 0.307 e. The molecule has 1 unspecified atom stereocenters. The van der Waals surface area contributed by atoms with Gasteiger partial charge in [-0.3, -0.25) is 14.1 Å². The lowest BCUT2D eigenvalue weighted by molar-refractivity contribution is -0.136. The molecule has 1 aliphatic heterocycles. The summed E-state index contributed by atoms with van der Waals surface area (Å²) in [6.07, 6.45) is 4.72. The quantitative estimate of drug-likeness (QED) is 0.752. The van der Waals surface area contributed by atoms with Crippen molar-refractivity contribution in [1.29, 1.82) is 0 Å². The number of pyridine rings is 1. The summed E-state index contributed by atoms with van der Waals surface area (Å²) in [6.45, 7) is 5.60. The molecule has 1 N–H and O–H groups in total. The van der Waals surface area contributed by atoms with Crippen LogP contribution in [0.4, 0.5) is 10.1 Å². The van der Waals surface area contributed by atoms with Crippen LogP contribution in [0.2, 0.25) is 0 Å². The molecule has 1 aromatic heterocycles. The first kappa shape index (κ1) is 20.5. The van der Waals surface area contributed by atoms with Gasteiger partial charge in [-0.2, -0.15) is 0 Å². The Hall–Kier alpha value is -2.72. The molecule has 2 heterocycles. The highest BCUT2D eigenvalue weighted by Gasteiger charge is 2.36. The van der Waals surface area contributed by atoms with Crippen molar-refractivity contribution < 1.29 is 18.5 Å². The van der Waals surface area contributed by atoms with Crippen LogP contribution in [0.25, 0.3) is 11.3 Å². The number of hydrogen-bond donors (Lipinski definition) is 1. The Morgan fingerprint density at radius 2 is 2.07 bits per heavy atom. The number of nitrogens with zero attached hydrogens (tertiary/aromatic N) is 2. The number of rotatable bonds is 3. The van der Waals surface area contributed by atoms with E-state index in [-0.39, 0.29) is 12.5 Å². The Morgan fingerprint density at radius 3 is 2.67 bits per heavy atom. The normalized spacial score (nSPS) is 18.2. The van der Waals surface area contributed by atoms with E-state index in [9.17, 15) is 18.5 Å². The summed E-state index contributed by atoms with van der Waals surface area (Å²) in [5, 5.41) is 9.54. The standard InChI is InChI=1S/C23H23FN2O3S/c1-12-17(8-7-15-5-6-15)18(10-20(27)28)13(2)23-21(12)22-19(9-16(24)11-25-22)14(3)26(23)30(4)29/h9,11,14-15H,5-6,10H2,1-4H3,(H,27,28)/t14-,30?/m0/s1. The van der Waals surface area contributed by atoms with Gasteiger partial charge in [-0.25, -0.2) is 8.60 Å². The van der Waals surface area contributed by atoms with Gasteiger partial charge >= 0.3 is 5.97 Å². The van der Waals surface area contributed by atoms with E-state index in [0.29, 0.717) is 34.0 Å². The third-order valence-electron chi connectivity index (χ3n) is 5.82. The second-order valence-corrected chi connectivity index (χ2v) is 9.20. The average molecular weight is 427 g/mol. The van der Waals surface area contributed by atoms with Gasteiger partial charge < -0.3 is 5.11 Å². The lowest BCUT2D eigenvalue weighted by Crippen LogP contribution is -2.33. The molecule has 1 aromatic carbocycles. The number of aromatic nitrogens is 1. The van der Waals surface area contributed by atoms with Gasteiger partial charge in [-0.1, -0.05) is 11.8 Å². The fourth-order valence-electron chi connectivity index (χ4n) is 4.21. The number of fused-ring (bicyclic) bond motifs is 3. The highest BCUT2D eigenvalue weighted by atomic mass is 32.2. The fraction of sp³-hybridized carbons (Fsp3) is 0.391. The highest BCUT2D eigenvalue weighted by molar-refractivity contribution is 7.85. The topological polar surface area (TPSA) is 70.5 Å². The first-order chi connectivity index (χ1) is 14.2. The van der Waals surface area contributed by atoms with Gasteiger partial charge in [-0.05, 0) is 56.4 Å². The third kappa shape index (κ3) is 3.39. The van der Waals surface area contributed by atoms with Gasteiger partial charge in [-0.15, -0.1) is 0 Å². The van der Waals surface area contributed by atoms with Crippen molar-refractivity contribution in [1.82, 2.24) is 4.98 Å². The van der Waals surface area contributed by atoms with Gasteiger partial charge in [0.05, 0.1) is 30.0 Å². The predicted octanol–water partition coefficient (Wildman–Crippen LogP) is 4.07. The maximum atomic E-state index is 14.0. The molecule has 1 aliphatic carbocycles. The van der Waals surface area contributed by atoms with Crippen molar-refractivity contribution in [3.63, 3.8) is 0 Å². The molecule has 2 aliphatic rings. The zero-order chi connectivity index (χ0) is 21.7. The Labute approximate surface area is 177 Å². The molecule has 5 nitrogen and oxygen atoms in total. The van der Waals surface area contributed by atoms with Crippen LogP contribution < -0.4 is 4.31 Å². The number of hydrogen-bond acceptors (Lipinski definition) is 3. The number of benzene rings is 1. The minimum Gasteiger partial charge on any atom is -0.481 e. The van der Waals surface area contributed by atoms with Gasteiger partial charge in [0.15, 0.2) is 0 Å². The van der Waals surface area contributed by atoms with E-state index < -0.39 is 22.8 Å². The van der Waals surface area contributed by atoms with Crippen molar-refractivity contribution in [3.05, 3.63) is 45.9 Å². The molecule has 1 saturated carbocycles. The molecule has 4 rings (SSSR count). The molecule has 30 heavy (non-hydrogen) atoms. The summed E-state index contributed by atoms with van der Waals surface area (Å²) < 4.78 is 28.5. The van der Waals surface area contributed by atoms with Crippen molar-refractivity contribution >= 4 is 22.6 Å². The largest absolute Gasteiger partial charge is 0.481 e. The van der Waals surface area contributed by atoms with Crippen LogP contribution in [0.5, 0.6) is 0 Å². The van der Waals surface area contributed by atoms with Crippen molar-refractivity contribution in [2.45, 2.75) is 46.1 Å². The van der Waals surface area contributed by atoms with Crippen LogP contribution in [0, 0.1) is 37.4 Å². The number of anilines is 1. The Bertz CT molecular complexity index is 1160. The van der Waals surface area contributed by atoms with Crippen LogP contribution in [0.15, 0.2) is 12.3 Å². The molecule has 156 valence electrons. The van der Waals surface area contributed by atoms with Gasteiger partial charge in [0.1, 0.15) is 16.8 Å². The Morgan fingerprint density at radius 1 is 1.37 bits per heavy atom. The number of carboxylic acid groups (broad SMARTS) is 1. The van der Waals surface area contributed by atoms with Gasteiger partial charge in [0, 0.05) is 28.9 Å². The minimum absolute atomic E-state index is 0.170. The molecular formula is C23H23FN2O3S. The summed E-state index contributed by atoms with van der Waals surface area (Å²) in [7, 11) is -1.40. The van der Waals surface area contributed by atoms with E-state index in [1.807, 2.05) is 20.8 Å². The Balaban J connectivity index is 2.10. The van der Waals surface area contributed by atoms with E-state index in [2.05, 4.69) is 16.8 Å². The molecule has 0 spiro atoms. The van der Waals surface area contributed by atoms with E-state index in [1.54, 1.807) is 10.6 Å². The number of aliphatic carboxylic acids is 1. The molecule has 0 bridgehead atoms. The summed E-state index contributed by atoms with van der Waals surface area (Å²) >= 11 is 0. The molecule has 2 atom stereocenters. The molecular weight excluding hydrogens is 403 g/mol. The van der Waals surface area contributed by atoms with E-state index >= 15 is 0 Å². The lowest BCUT2D eigenvalue weighted by atomic mass is 9.83. The molecule has 2 aromatic rings. The third-order valence-corrected chi connectivity index (χ3v) is 6.88. The van der Waals surface area contributed by atoms with Crippen molar-refractivity contribution in [2.24, 2.45) is 5.92 Å². The summed E-state index contributed by atoms with van der Waals surface area (Å²) in [6, 6.07) is 1.06. The molecule has 0 saturated heterocycles. The smallest absolute Gasteiger partial charge is 0.307 e. The van der Waals surface area contributed by atoms with Crippen LogP contribution in [-0.2, 0) is 22.2 Å². The second kappa shape index (κ2) is 7.51. The molecule has 7 heteroatoms. The van der Waals surface area contributed by atoms with Crippen molar-refractivity contribution in [3.8, 4) is 23.1 Å². The van der Waals surface area contributed by atoms with Crippen LogP contribution in [0.1, 0.15) is 53.6 Å². The van der Waals surface area contributed by atoms with Crippen LogP contribution in [-0.4, -0.2) is 26.5 Å². The fourth-order valence-corrected chi connectivity index (χ4v) is 5.25. The molecule has 1 fully saturated rings. The van der Waals surface area contributed by atoms with Gasteiger partial charge in [0.25, 0.3) is 0 Å². The summed E-state index contributed by atoms with van der Waals surface area (Å²) in [5.41, 5.74) is 5.60. The molecule has 0 amide bonds. The van der Waals surface area contributed by atoms with Crippen LogP contribution in [0.3, 0.4) is 0 Å². The number of halogens is 1. The van der Waals surface area contributed by atoms with Crippen molar-refractivity contribution in [2.75, 3.05) is 10.6 Å². The second-order valence-electron chi connectivity index (χ2n) is 7.96. The zero-order valence-electron chi connectivity index (χ0n) is 17.4. The highest BCUT2D eigenvalue weighted by Crippen LogP contribution is 2.49. The predicted molar refractivity (Wildman–Crippen MR) is 115 cm³/mol. The summed E-state index contributed by atoms with van der Waals surface area (Å²) in [4.78, 5) is 16.0. The van der Waals surface area contributed by atoms with E-state index in [4.69, 9.17) is 0 Å². The number of carbonyl (C=O) groups is 1. The minimum atomic E-state index is -1.40. The zero-order valence-corrected chi connectivity index (χ0v) is 18.2. The number of carboxylic acids is 1. The first-order valence-electron chi connectivity index (χ1n) is 9.88. The van der Waals surface area contributed by atoms with Gasteiger partial charge in [0.2, 0.25) is 0 Å². The molecule has 0 radical (unpaired) electrons. The monoisotopic (exact) mass is 426 g/mol. The average Bonchev–Trinajstić information content (AvgIpc) is 3.49. The summed E-state index contributed by atoms with van der Waals surface area (Å²) in [5.74, 6) is 5.44. The van der Waals surface area contributed by atoms with Crippen LogP contribution >= 0.6 is 0 Å². The Kier molecular flexibility index (Phi) is 5.15. The van der Waals surface area contributed by atoms with E-state index in [0.717, 1.165) is 29.5 Å². The maximum absolute atomic E-state index is 14.0. The lowest BCUT2D eigenvalue weighted by Gasteiger charge is -2.38. The van der Waals surface area contributed by atoms with E-state index in [1.165, 1.54) is 12.3 Å². The first-order valence-corrected chi connectivity index (χ1v) is 11.4.